The maximum absolute atomic E-state index is 7.75. The average molecular weight is 651 g/mol. The van der Waals surface area contributed by atoms with E-state index in [4.69, 9.17) is 4.43 Å². The lowest BCUT2D eigenvalue weighted by Gasteiger charge is -2.58. The Morgan fingerprint density at radius 1 is 0.851 bits per heavy atom. The SMILES string of the molecule is C/C=C(\CC[C@@H](C)[C@H]1CC[C@H]2C3=CC[C@H]4C[C@@H](O[Si](c5ccccc5)(c5ccccc5)C(C)(C)C)CC[C@]4(C)[C@H]3CC[C@]12C)C(C)C. The van der Waals surface area contributed by atoms with Crippen molar-refractivity contribution in [2.75, 3.05) is 0 Å². The minimum absolute atomic E-state index is 0.0310. The summed E-state index contributed by atoms with van der Waals surface area (Å²) in [6.07, 6.45) is 18.8. The number of fused-ring (bicyclic) bond motifs is 5. The molecule has 0 unspecified atom stereocenters. The molecule has 0 heterocycles. The molecule has 0 aliphatic heterocycles. The summed E-state index contributed by atoms with van der Waals surface area (Å²) in [6.45, 7) is 22.3. The minimum Gasteiger partial charge on any atom is -0.404 e. The van der Waals surface area contributed by atoms with Gasteiger partial charge >= 0.3 is 0 Å². The van der Waals surface area contributed by atoms with Crippen molar-refractivity contribution in [3.05, 3.63) is 84.0 Å². The highest BCUT2D eigenvalue weighted by atomic mass is 28.4. The van der Waals surface area contributed by atoms with Gasteiger partial charge in [-0.25, -0.2) is 0 Å². The van der Waals surface area contributed by atoms with E-state index in [2.05, 4.69) is 135 Å². The van der Waals surface area contributed by atoms with E-state index in [-0.39, 0.29) is 5.04 Å². The van der Waals surface area contributed by atoms with Gasteiger partial charge in [0.1, 0.15) is 0 Å². The number of hydrogen-bond donors (Lipinski definition) is 0. The molecule has 2 aromatic carbocycles. The van der Waals surface area contributed by atoms with Gasteiger partial charge in [-0.15, -0.1) is 0 Å². The fraction of sp³-hybridized carbons (Fsp3) is 0.644. The Balaban J connectivity index is 1.22. The highest BCUT2D eigenvalue weighted by molar-refractivity contribution is 6.99. The molecule has 4 aliphatic carbocycles. The molecule has 8 atom stereocenters. The van der Waals surface area contributed by atoms with E-state index in [1.807, 2.05) is 5.57 Å². The van der Waals surface area contributed by atoms with Gasteiger partial charge in [-0.05, 0) is 133 Å². The van der Waals surface area contributed by atoms with Gasteiger partial charge in [-0.3, -0.25) is 0 Å². The summed E-state index contributed by atoms with van der Waals surface area (Å²) in [5, 5.41) is 2.87. The van der Waals surface area contributed by atoms with Crippen LogP contribution in [0.15, 0.2) is 84.0 Å². The van der Waals surface area contributed by atoms with Gasteiger partial charge in [0.15, 0.2) is 0 Å². The molecule has 2 aromatic rings. The minimum atomic E-state index is -2.54. The quantitative estimate of drug-likeness (QED) is 0.194. The molecule has 3 fully saturated rings. The van der Waals surface area contributed by atoms with Crippen molar-refractivity contribution < 1.29 is 4.43 Å². The lowest BCUT2D eigenvalue weighted by Crippen LogP contribution is -2.68. The Morgan fingerprint density at radius 3 is 2.02 bits per heavy atom. The molecule has 0 amide bonds. The molecule has 0 aromatic heterocycles. The monoisotopic (exact) mass is 650 g/mol. The van der Waals surface area contributed by atoms with Crippen molar-refractivity contribution in [2.45, 2.75) is 138 Å². The van der Waals surface area contributed by atoms with E-state index in [0.29, 0.717) is 22.9 Å². The molecule has 0 bridgehead atoms. The molecule has 0 N–H and O–H groups in total. The van der Waals surface area contributed by atoms with Gasteiger partial charge < -0.3 is 4.43 Å². The van der Waals surface area contributed by atoms with Crippen LogP contribution in [0.2, 0.25) is 5.04 Å². The lowest BCUT2D eigenvalue weighted by molar-refractivity contribution is -0.0387. The predicted molar refractivity (Wildman–Crippen MR) is 205 cm³/mol. The van der Waals surface area contributed by atoms with Gasteiger partial charge in [-0.2, -0.15) is 0 Å². The first-order valence-corrected chi connectivity index (χ1v) is 21.4. The molecule has 0 radical (unpaired) electrons. The molecule has 3 saturated carbocycles. The van der Waals surface area contributed by atoms with E-state index < -0.39 is 8.32 Å². The van der Waals surface area contributed by atoms with Crippen molar-refractivity contribution >= 4 is 18.7 Å². The highest BCUT2D eigenvalue weighted by Gasteiger charge is 2.59. The van der Waals surface area contributed by atoms with Gasteiger partial charge in [0, 0.05) is 6.10 Å². The summed E-state index contributed by atoms with van der Waals surface area (Å²) >= 11 is 0. The Morgan fingerprint density at radius 2 is 1.45 bits per heavy atom. The molecular formula is C45H66OSi. The number of rotatable bonds is 9. The first-order chi connectivity index (χ1) is 22.3. The summed E-state index contributed by atoms with van der Waals surface area (Å²) in [6, 6.07) is 22.6. The standard InChI is InChI=1S/C45H66OSi/c1-10-34(32(2)3)22-21-33(4)40-25-26-41-39-24-23-35-31-36(27-29-44(35,8)42(39)28-30-45(40,41)9)46-47(43(5,6)7,37-17-13-11-14-18-37)38-19-15-12-16-20-38/h10-20,24,32-33,35-36,40-42H,21-23,25-31H2,1-9H3/b34-10+/t33-,35+,36+,40-,41+,42+,44+,45-/m1/s1. The zero-order valence-corrected chi connectivity index (χ0v) is 32.4. The van der Waals surface area contributed by atoms with Gasteiger partial charge in [0.2, 0.25) is 0 Å². The van der Waals surface area contributed by atoms with Crippen molar-refractivity contribution in [3.8, 4) is 0 Å². The van der Waals surface area contributed by atoms with Crippen molar-refractivity contribution in [2.24, 2.45) is 46.3 Å². The lowest BCUT2D eigenvalue weighted by atomic mass is 9.47. The average Bonchev–Trinajstić information content (AvgIpc) is 3.41. The summed E-state index contributed by atoms with van der Waals surface area (Å²) in [4.78, 5) is 0. The largest absolute Gasteiger partial charge is 0.404 e. The Bertz CT molecular complexity index is 1380. The topological polar surface area (TPSA) is 9.23 Å². The van der Waals surface area contributed by atoms with Crippen LogP contribution in [0.3, 0.4) is 0 Å². The number of benzene rings is 2. The molecule has 2 heteroatoms. The molecule has 47 heavy (non-hydrogen) atoms. The fourth-order valence-electron chi connectivity index (χ4n) is 11.9. The van der Waals surface area contributed by atoms with Crippen molar-refractivity contribution in [3.63, 3.8) is 0 Å². The molecule has 6 rings (SSSR count). The molecule has 0 saturated heterocycles. The second-order valence-corrected chi connectivity index (χ2v) is 22.4. The van der Waals surface area contributed by atoms with Crippen LogP contribution in [-0.2, 0) is 4.43 Å². The Hall–Kier alpha value is -1.90. The number of hydrogen-bond acceptors (Lipinski definition) is 1. The van der Waals surface area contributed by atoms with Crippen LogP contribution in [0.5, 0.6) is 0 Å². The second kappa shape index (κ2) is 13.4. The van der Waals surface area contributed by atoms with E-state index in [9.17, 15) is 0 Å². The smallest absolute Gasteiger partial charge is 0.261 e. The van der Waals surface area contributed by atoms with Crippen LogP contribution in [0.1, 0.15) is 127 Å². The second-order valence-electron chi connectivity index (χ2n) is 18.2. The van der Waals surface area contributed by atoms with E-state index in [1.54, 1.807) is 5.57 Å². The predicted octanol–water partition coefficient (Wildman–Crippen LogP) is 11.5. The van der Waals surface area contributed by atoms with Crippen molar-refractivity contribution in [1.29, 1.82) is 0 Å². The molecule has 1 nitrogen and oxygen atoms in total. The molecule has 4 aliphatic rings. The third-order valence-electron chi connectivity index (χ3n) is 14.6. The van der Waals surface area contributed by atoms with Crippen molar-refractivity contribution in [1.82, 2.24) is 0 Å². The first kappa shape index (κ1) is 34.9. The molecular weight excluding hydrogens is 585 g/mol. The summed E-state index contributed by atoms with van der Waals surface area (Å²) in [5.41, 5.74) is 4.46. The highest BCUT2D eigenvalue weighted by Crippen LogP contribution is 2.67. The zero-order chi connectivity index (χ0) is 33.6. The summed E-state index contributed by atoms with van der Waals surface area (Å²) in [7, 11) is -2.54. The van der Waals surface area contributed by atoms with Gasteiger partial charge in [-0.1, -0.05) is 139 Å². The van der Waals surface area contributed by atoms with E-state index in [1.165, 1.54) is 74.6 Å². The fourth-order valence-corrected chi connectivity index (χ4v) is 16.6. The molecule has 0 spiro atoms. The third kappa shape index (κ3) is 6.11. The zero-order valence-electron chi connectivity index (χ0n) is 31.4. The van der Waals surface area contributed by atoms with E-state index >= 15 is 0 Å². The van der Waals surface area contributed by atoms with Crippen LogP contribution in [-0.4, -0.2) is 14.4 Å². The van der Waals surface area contributed by atoms with Crippen LogP contribution < -0.4 is 10.4 Å². The summed E-state index contributed by atoms with van der Waals surface area (Å²) < 4.78 is 7.75. The van der Waals surface area contributed by atoms with Crippen LogP contribution in [0.4, 0.5) is 0 Å². The van der Waals surface area contributed by atoms with Crippen LogP contribution in [0, 0.1) is 46.3 Å². The maximum atomic E-state index is 7.75. The maximum Gasteiger partial charge on any atom is 0.261 e. The third-order valence-corrected chi connectivity index (χ3v) is 19.6. The van der Waals surface area contributed by atoms with Crippen LogP contribution in [0.25, 0.3) is 0 Å². The Labute approximate surface area is 290 Å². The van der Waals surface area contributed by atoms with Gasteiger partial charge in [0.25, 0.3) is 8.32 Å². The number of allylic oxidation sites excluding steroid dienone is 4. The summed E-state index contributed by atoms with van der Waals surface area (Å²) in [5.74, 6) is 4.68. The van der Waals surface area contributed by atoms with E-state index in [0.717, 1.165) is 29.6 Å². The molecule has 256 valence electrons. The normalized spacial score (nSPS) is 33.5. The van der Waals surface area contributed by atoms with Gasteiger partial charge in [0.05, 0.1) is 0 Å². The first-order valence-electron chi connectivity index (χ1n) is 19.5. The van der Waals surface area contributed by atoms with Crippen LogP contribution >= 0.6 is 0 Å². The Kier molecular flexibility index (Phi) is 9.98.